The predicted octanol–water partition coefficient (Wildman–Crippen LogP) is 4.83. The van der Waals surface area contributed by atoms with Gasteiger partial charge in [-0.1, -0.05) is 43.6 Å². The Morgan fingerprint density at radius 1 is 1.20 bits per heavy atom. The largest absolute Gasteiger partial charge is 0.372 e. The number of halogens is 1. The maximum atomic E-state index is 6.30. The Kier molecular flexibility index (Phi) is 7.01. The van der Waals surface area contributed by atoms with E-state index < -0.39 is 0 Å². The first-order valence-corrected chi connectivity index (χ1v) is 7.78. The summed E-state index contributed by atoms with van der Waals surface area (Å²) >= 11 is 6.30. The first kappa shape index (κ1) is 17.5. The summed E-state index contributed by atoms with van der Waals surface area (Å²) in [5, 5.41) is 4.28. The van der Waals surface area contributed by atoms with Crippen LogP contribution in [0.25, 0.3) is 0 Å². The van der Waals surface area contributed by atoms with E-state index in [1.165, 1.54) is 0 Å². The highest BCUT2D eigenvalue weighted by Gasteiger charge is 2.18. The van der Waals surface area contributed by atoms with Crippen LogP contribution in [0.2, 0.25) is 5.02 Å². The number of hydrogen-bond donors (Lipinski definition) is 1. The van der Waals surface area contributed by atoms with E-state index >= 15 is 0 Å². The minimum atomic E-state index is 0.00155. The van der Waals surface area contributed by atoms with Crippen LogP contribution >= 0.6 is 11.6 Å². The second-order valence-electron chi connectivity index (χ2n) is 6.69. The molecule has 114 valence electrons. The molecular weight excluding hydrogens is 270 g/mol. The summed E-state index contributed by atoms with van der Waals surface area (Å²) in [7, 11) is 0. The van der Waals surface area contributed by atoms with Gasteiger partial charge in [-0.3, -0.25) is 0 Å². The zero-order valence-corrected chi connectivity index (χ0v) is 14.1. The fourth-order valence-electron chi connectivity index (χ4n) is 1.84. The number of hydrogen-bond acceptors (Lipinski definition) is 2. The lowest BCUT2D eigenvalue weighted by atomic mass is 10.1. The second kappa shape index (κ2) is 8.02. The third-order valence-corrected chi connectivity index (χ3v) is 3.43. The number of rotatable bonds is 7. The normalized spacial score (nSPS) is 13.8. The molecule has 0 radical (unpaired) electrons. The number of benzene rings is 1. The minimum Gasteiger partial charge on any atom is -0.372 e. The Morgan fingerprint density at radius 2 is 1.85 bits per heavy atom. The Bertz CT molecular complexity index is 398. The van der Waals surface area contributed by atoms with Gasteiger partial charge in [0.15, 0.2) is 0 Å². The van der Waals surface area contributed by atoms with Gasteiger partial charge in [0, 0.05) is 29.3 Å². The zero-order valence-electron chi connectivity index (χ0n) is 13.4. The molecule has 0 saturated heterocycles. The topological polar surface area (TPSA) is 21.3 Å². The van der Waals surface area contributed by atoms with Gasteiger partial charge in [-0.05, 0) is 39.2 Å². The summed E-state index contributed by atoms with van der Waals surface area (Å²) in [6.45, 7) is 12.4. The molecule has 0 spiro atoms. The molecule has 1 rings (SSSR count). The maximum absolute atomic E-state index is 6.30. The highest BCUT2D eigenvalue weighted by molar-refractivity contribution is 6.31. The van der Waals surface area contributed by atoms with Crippen molar-refractivity contribution in [3.8, 4) is 0 Å². The van der Waals surface area contributed by atoms with Crippen LogP contribution in [0.4, 0.5) is 0 Å². The highest BCUT2D eigenvalue weighted by Crippen LogP contribution is 2.26. The van der Waals surface area contributed by atoms with Gasteiger partial charge >= 0.3 is 0 Å². The van der Waals surface area contributed by atoms with Crippen molar-refractivity contribution in [3.05, 3.63) is 34.9 Å². The maximum Gasteiger partial charge on any atom is 0.0963 e. The minimum absolute atomic E-state index is 0.00155. The van der Waals surface area contributed by atoms with Crippen molar-refractivity contribution >= 4 is 11.6 Å². The predicted molar refractivity (Wildman–Crippen MR) is 87.4 cm³/mol. The van der Waals surface area contributed by atoms with Crippen molar-refractivity contribution in [1.29, 1.82) is 0 Å². The van der Waals surface area contributed by atoms with Crippen LogP contribution in [0.5, 0.6) is 0 Å². The van der Waals surface area contributed by atoms with Gasteiger partial charge in [-0.2, -0.15) is 0 Å². The molecule has 1 aromatic rings. The van der Waals surface area contributed by atoms with Gasteiger partial charge in [0.2, 0.25) is 0 Å². The van der Waals surface area contributed by atoms with Crippen molar-refractivity contribution in [1.82, 2.24) is 5.32 Å². The van der Waals surface area contributed by atoms with E-state index in [-0.39, 0.29) is 11.6 Å². The molecule has 1 aromatic carbocycles. The average Bonchev–Trinajstić information content (AvgIpc) is 2.33. The van der Waals surface area contributed by atoms with Crippen molar-refractivity contribution in [2.45, 2.75) is 52.7 Å². The van der Waals surface area contributed by atoms with Crippen LogP contribution in [-0.2, 0) is 4.74 Å². The van der Waals surface area contributed by atoms with Crippen molar-refractivity contribution in [3.63, 3.8) is 0 Å². The summed E-state index contributed by atoms with van der Waals surface area (Å²) in [6.07, 6.45) is 1.07. The monoisotopic (exact) mass is 297 g/mol. The van der Waals surface area contributed by atoms with E-state index in [0.717, 1.165) is 30.2 Å². The molecule has 1 N–H and O–H groups in total. The van der Waals surface area contributed by atoms with E-state index in [9.17, 15) is 0 Å². The summed E-state index contributed by atoms with van der Waals surface area (Å²) in [6, 6.07) is 7.94. The molecule has 2 nitrogen and oxygen atoms in total. The van der Waals surface area contributed by atoms with Crippen LogP contribution in [0.3, 0.4) is 0 Å². The van der Waals surface area contributed by atoms with Gasteiger partial charge in [0.1, 0.15) is 0 Å². The first-order chi connectivity index (χ1) is 9.29. The summed E-state index contributed by atoms with van der Waals surface area (Å²) in [5.74, 6) is 0.650. The molecule has 1 unspecified atom stereocenters. The third-order valence-electron chi connectivity index (χ3n) is 3.08. The van der Waals surface area contributed by atoms with Gasteiger partial charge in [-0.15, -0.1) is 0 Å². The first-order valence-electron chi connectivity index (χ1n) is 7.40. The fourth-order valence-corrected chi connectivity index (χ4v) is 2.10. The molecule has 0 heterocycles. The summed E-state index contributed by atoms with van der Waals surface area (Å²) < 4.78 is 6.07. The van der Waals surface area contributed by atoms with E-state index in [2.05, 4.69) is 39.9 Å². The Hall–Kier alpha value is -0.570. The molecule has 0 fully saturated rings. The smallest absolute Gasteiger partial charge is 0.0963 e. The Labute approximate surface area is 128 Å². The zero-order chi connectivity index (χ0) is 15.2. The molecule has 20 heavy (non-hydrogen) atoms. The van der Waals surface area contributed by atoms with E-state index in [4.69, 9.17) is 16.3 Å². The van der Waals surface area contributed by atoms with Gasteiger partial charge < -0.3 is 10.1 Å². The van der Waals surface area contributed by atoms with Gasteiger partial charge in [0.05, 0.1) is 6.10 Å². The SMILES string of the molecule is CC(C)CCOC(CNC(C)(C)C)c1ccccc1Cl. The average molecular weight is 298 g/mol. The molecule has 3 heteroatoms. The summed E-state index contributed by atoms with van der Waals surface area (Å²) in [5.41, 5.74) is 1.13. The molecular formula is C17H28ClNO. The molecule has 0 saturated carbocycles. The molecule has 0 amide bonds. The number of ether oxygens (including phenoxy) is 1. The van der Waals surface area contributed by atoms with Crippen LogP contribution < -0.4 is 5.32 Å². The van der Waals surface area contributed by atoms with E-state index in [1.807, 2.05) is 24.3 Å². The van der Waals surface area contributed by atoms with Crippen molar-refractivity contribution < 1.29 is 4.74 Å². The summed E-state index contributed by atoms with van der Waals surface area (Å²) in [4.78, 5) is 0. The molecule has 1 atom stereocenters. The molecule has 0 aliphatic rings. The molecule has 0 aliphatic carbocycles. The fraction of sp³-hybridized carbons (Fsp3) is 0.647. The van der Waals surface area contributed by atoms with Gasteiger partial charge in [-0.25, -0.2) is 0 Å². The van der Waals surface area contributed by atoms with Gasteiger partial charge in [0.25, 0.3) is 0 Å². The van der Waals surface area contributed by atoms with E-state index in [1.54, 1.807) is 0 Å². The lowest BCUT2D eigenvalue weighted by Gasteiger charge is -2.26. The van der Waals surface area contributed by atoms with E-state index in [0.29, 0.717) is 5.92 Å². The van der Waals surface area contributed by atoms with Crippen LogP contribution in [0, 0.1) is 5.92 Å². The standard InChI is InChI=1S/C17H28ClNO/c1-13(2)10-11-20-16(12-19-17(3,4)5)14-8-6-7-9-15(14)18/h6-9,13,16,19H,10-12H2,1-5H3. The lowest BCUT2D eigenvalue weighted by molar-refractivity contribution is 0.0418. The Balaban J connectivity index is 2.71. The second-order valence-corrected chi connectivity index (χ2v) is 7.10. The Morgan fingerprint density at radius 3 is 2.40 bits per heavy atom. The quantitative estimate of drug-likeness (QED) is 0.778. The van der Waals surface area contributed by atoms with Crippen LogP contribution in [-0.4, -0.2) is 18.7 Å². The molecule has 0 aliphatic heterocycles. The third kappa shape index (κ3) is 6.74. The lowest BCUT2D eigenvalue weighted by Crippen LogP contribution is -2.39. The number of nitrogens with one attached hydrogen (secondary N) is 1. The van der Waals surface area contributed by atoms with Crippen molar-refractivity contribution in [2.75, 3.05) is 13.2 Å². The highest BCUT2D eigenvalue weighted by atomic mass is 35.5. The van der Waals surface area contributed by atoms with Crippen LogP contribution in [0.1, 0.15) is 52.7 Å². The van der Waals surface area contributed by atoms with Crippen LogP contribution in [0.15, 0.2) is 24.3 Å². The molecule has 0 bridgehead atoms. The molecule has 0 aromatic heterocycles. The van der Waals surface area contributed by atoms with Crippen molar-refractivity contribution in [2.24, 2.45) is 5.92 Å².